The van der Waals surface area contributed by atoms with Crippen LogP contribution in [0.15, 0.2) is 24.3 Å². The molecule has 0 amide bonds. The van der Waals surface area contributed by atoms with Gasteiger partial charge in [-0.15, -0.1) is 0 Å². The molecule has 1 aromatic rings. The van der Waals surface area contributed by atoms with E-state index < -0.39 is 0 Å². The number of rotatable bonds is 5. The van der Waals surface area contributed by atoms with E-state index in [1.165, 1.54) is 50.7 Å². The number of benzene rings is 1. The van der Waals surface area contributed by atoms with Crippen LogP contribution in [0.5, 0.6) is 0 Å². The molecule has 0 aromatic heterocycles. The summed E-state index contributed by atoms with van der Waals surface area (Å²) in [6.07, 6.45) is 9.01. The summed E-state index contributed by atoms with van der Waals surface area (Å²) >= 11 is 0. The molecule has 1 heterocycles. The number of piperazine rings is 1. The molecule has 4 heteroatoms. The third-order valence-electron chi connectivity index (χ3n) is 5.74. The molecule has 0 radical (unpaired) electrons. The van der Waals surface area contributed by atoms with Crippen molar-refractivity contribution >= 4 is 0 Å². The van der Waals surface area contributed by atoms with Crippen molar-refractivity contribution in [2.24, 2.45) is 0 Å². The van der Waals surface area contributed by atoms with Crippen molar-refractivity contribution in [3.8, 4) is 0 Å². The molecule has 1 unspecified atom stereocenters. The van der Waals surface area contributed by atoms with Crippen molar-refractivity contribution in [3.05, 3.63) is 35.6 Å². The zero-order chi connectivity index (χ0) is 16.8. The molecule has 1 aromatic carbocycles. The van der Waals surface area contributed by atoms with E-state index in [0.717, 1.165) is 44.2 Å². The average molecular weight is 334 g/mol. The summed E-state index contributed by atoms with van der Waals surface area (Å²) in [7, 11) is 0. The summed E-state index contributed by atoms with van der Waals surface area (Å²) in [5.41, 5.74) is 1.15. The molecule has 0 bridgehead atoms. The number of hydrogen-bond acceptors (Lipinski definition) is 3. The van der Waals surface area contributed by atoms with Gasteiger partial charge in [-0.2, -0.15) is 0 Å². The average Bonchev–Trinajstić information content (AvgIpc) is 2.88. The van der Waals surface area contributed by atoms with Crippen LogP contribution < -0.4 is 0 Å². The van der Waals surface area contributed by atoms with E-state index in [9.17, 15) is 9.50 Å². The summed E-state index contributed by atoms with van der Waals surface area (Å²) in [4.78, 5) is 5.14. The number of aliphatic hydroxyl groups excluding tert-OH is 1. The monoisotopic (exact) mass is 334 g/mol. The Morgan fingerprint density at radius 1 is 1.00 bits per heavy atom. The Labute approximate surface area is 145 Å². The lowest BCUT2D eigenvalue weighted by atomic mass is 10.0. The smallest absolute Gasteiger partial charge is 0.123 e. The zero-order valence-electron chi connectivity index (χ0n) is 14.7. The molecule has 1 atom stereocenters. The first-order valence-electron chi connectivity index (χ1n) is 9.59. The Morgan fingerprint density at radius 3 is 2.38 bits per heavy atom. The highest BCUT2D eigenvalue weighted by atomic mass is 19.1. The van der Waals surface area contributed by atoms with Crippen molar-refractivity contribution in [1.82, 2.24) is 9.80 Å². The SMILES string of the molecule is OCCC1CN(C2CCCCCC2)CCN1Cc1ccc(F)cc1. The third kappa shape index (κ3) is 4.78. The van der Waals surface area contributed by atoms with Gasteiger partial charge in [-0.05, 0) is 37.0 Å². The quantitative estimate of drug-likeness (QED) is 0.836. The van der Waals surface area contributed by atoms with E-state index in [2.05, 4.69) is 9.80 Å². The summed E-state index contributed by atoms with van der Waals surface area (Å²) in [6, 6.07) is 7.97. The predicted molar refractivity (Wildman–Crippen MR) is 95.4 cm³/mol. The van der Waals surface area contributed by atoms with Gasteiger partial charge in [0.05, 0.1) is 0 Å². The fourth-order valence-corrected chi connectivity index (χ4v) is 4.33. The minimum absolute atomic E-state index is 0.177. The van der Waals surface area contributed by atoms with E-state index in [0.29, 0.717) is 6.04 Å². The summed E-state index contributed by atoms with van der Waals surface area (Å²) < 4.78 is 13.1. The Balaban J connectivity index is 1.61. The van der Waals surface area contributed by atoms with Gasteiger partial charge in [0.1, 0.15) is 5.82 Å². The highest BCUT2D eigenvalue weighted by molar-refractivity contribution is 5.16. The Bertz CT molecular complexity index is 485. The number of nitrogens with zero attached hydrogens (tertiary/aromatic N) is 2. The molecule has 24 heavy (non-hydrogen) atoms. The molecule has 1 aliphatic heterocycles. The highest BCUT2D eigenvalue weighted by Gasteiger charge is 2.30. The van der Waals surface area contributed by atoms with Gasteiger partial charge in [0.15, 0.2) is 0 Å². The lowest BCUT2D eigenvalue weighted by molar-refractivity contribution is 0.0276. The van der Waals surface area contributed by atoms with E-state index >= 15 is 0 Å². The molecule has 2 fully saturated rings. The third-order valence-corrected chi connectivity index (χ3v) is 5.74. The summed E-state index contributed by atoms with van der Waals surface area (Å²) in [5, 5.41) is 9.49. The molecule has 2 aliphatic rings. The van der Waals surface area contributed by atoms with E-state index in [1.54, 1.807) is 0 Å². The molecule has 134 valence electrons. The summed E-state index contributed by atoms with van der Waals surface area (Å²) in [5.74, 6) is -0.177. The van der Waals surface area contributed by atoms with Crippen LogP contribution in [0.1, 0.15) is 50.5 Å². The maximum absolute atomic E-state index is 13.1. The van der Waals surface area contributed by atoms with Crippen LogP contribution in [-0.4, -0.2) is 53.2 Å². The Kier molecular flexibility index (Phi) is 6.64. The lowest BCUT2D eigenvalue weighted by Crippen LogP contribution is -2.55. The topological polar surface area (TPSA) is 26.7 Å². The van der Waals surface area contributed by atoms with Crippen molar-refractivity contribution in [2.75, 3.05) is 26.2 Å². The number of halogens is 1. The summed E-state index contributed by atoms with van der Waals surface area (Å²) in [6.45, 7) is 4.31. The van der Waals surface area contributed by atoms with Gasteiger partial charge >= 0.3 is 0 Å². The van der Waals surface area contributed by atoms with Crippen LogP contribution in [0.3, 0.4) is 0 Å². The van der Waals surface area contributed by atoms with E-state index in [4.69, 9.17) is 0 Å². The Morgan fingerprint density at radius 2 is 1.71 bits per heavy atom. The lowest BCUT2D eigenvalue weighted by Gasteiger charge is -2.44. The van der Waals surface area contributed by atoms with Gasteiger partial charge in [0.2, 0.25) is 0 Å². The molecular weight excluding hydrogens is 303 g/mol. The van der Waals surface area contributed by atoms with Crippen LogP contribution >= 0.6 is 0 Å². The first-order valence-corrected chi connectivity index (χ1v) is 9.59. The van der Waals surface area contributed by atoms with Crippen LogP contribution in [0.25, 0.3) is 0 Å². The van der Waals surface area contributed by atoms with E-state index in [1.807, 2.05) is 12.1 Å². The minimum atomic E-state index is -0.177. The molecule has 3 nitrogen and oxygen atoms in total. The van der Waals surface area contributed by atoms with Crippen LogP contribution in [0, 0.1) is 5.82 Å². The van der Waals surface area contributed by atoms with Crippen LogP contribution in [-0.2, 0) is 6.54 Å². The Hall–Kier alpha value is -0.970. The molecule has 1 saturated carbocycles. The maximum Gasteiger partial charge on any atom is 0.123 e. The van der Waals surface area contributed by atoms with Crippen molar-refractivity contribution < 1.29 is 9.50 Å². The van der Waals surface area contributed by atoms with Gasteiger partial charge < -0.3 is 5.11 Å². The minimum Gasteiger partial charge on any atom is -0.396 e. The molecule has 1 aliphatic carbocycles. The highest BCUT2D eigenvalue weighted by Crippen LogP contribution is 2.25. The van der Waals surface area contributed by atoms with Gasteiger partial charge in [0, 0.05) is 44.9 Å². The number of aliphatic hydroxyl groups is 1. The molecule has 1 saturated heterocycles. The van der Waals surface area contributed by atoms with E-state index in [-0.39, 0.29) is 12.4 Å². The van der Waals surface area contributed by atoms with Crippen molar-refractivity contribution in [1.29, 1.82) is 0 Å². The largest absolute Gasteiger partial charge is 0.396 e. The molecule has 1 N–H and O–H groups in total. The van der Waals surface area contributed by atoms with Crippen LogP contribution in [0.2, 0.25) is 0 Å². The fraction of sp³-hybridized carbons (Fsp3) is 0.700. The van der Waals surface area contributed by atoms with Crippen molar-refractivity contribution in [3.63, 3.8) is 0 Å². The maximum atomic E-state index is 13.1. The molecular formula is C20H31FN2O. The van der Waals surface area contributed by atoms with Crippen molar-refractivity contribution in [2.45, 2.75) is 63.6 Å². The number of hydrogen-bond donors (Lipinski definition) is 1. The first-order chi connectivity index (χ1) is 11.8. The first kappa shape index (κ1) is 17.8. The second kappa shape index (κ2) is 8.93. The normalized spacial score (nSPS) is 24.8. The molecule has 3 rings (SSSR count). The molecule has 0 spiro atoms. The van der Waals surface area contributed by atoms with Gasteiger partial charge in [-0.1, -0.05) is 37.8 Å². The second-order valence-electron chi connectivity index (χ2n) is 7.40. The zero-order valence-corrected chi connectivity index (χ0v) is 14.7. The standard InChI is InChI=1S/C20H31FN2O/c21-18-9-7-17(8-10-18)15-22-12-13-23(16-20(22)11-14-24)19-5-3-1-2-4-6-19/h7-10,19-20,24H,1-6,11-16H2. The fourth-order valence-electron chi connectivity index (χ4n) is 4.33. The predicted octanol–water partition coefficient (Wildman–Crippen LogP) is 3.42. The van der Waals surface area contributed by atoms with Gasteiger partial charge in [-0.3, -0.25) is 9.80 Å². The van der Waals surface area contributed by atoms with Gasteiger partial charge in [-0.25, -0.2) is 4.39 Å². The van der Waals surface area contributed by atoms with Gasteiger partial charge in [0.25, 0.3) is 0 Å². The second-order valence-corrected chi connectivity index (χ2v) is 7.40. The van der Waals surface area contributed by atoms with Crippen LogP contribution in [0.4, 0.5) is 4.39 Å².